The molecule has 25 heteroatoms. The summed E-state index contributed by atoms with van der Waals surface area (Å²) in [7, 11) is -14.4. The third kappa shape index (κ3) is 19.7. The van der Waals surface area contributed by atoms with Gasteiger partial charge in [0.1, 0.15) is 23.3 Å². The number of hydrogen-bond acceptors (Lipinski definition) is 12. The molecule has 81 heavy (non-hydrogen) atoms. The Morgan fingerprint density at radius 1 is 0.284 bits per heavy atom. The molecule has 0 aliphatic carbocycles. The van der Waals surface area contributed by atoms with Crippen molar-refractivity contribution in [2.75, 3.05) is 0 Å². The fraction of sp³-hybridized carbons (Fsp3) is 0.429. The number of carbonyl (C=O) groups is 4. The fourth-order valence-corrected chi connectivity index (χ4v) is 32.1. The van der Waals surface area contributed by atoms with E-state index in [0.29, 0.717) is 0 Å². The molecule has 0 saturated carbocycles. The van der Waals surface area contributed by atoms with Crippen LogP contribution in [0, 0.1) is 21.6 Å². The maximum Gasteiger partial charge on any atom is 4.00 e. The van der Waals surface area contributed by atoms with E-state index in [9.17, 15) is 39.6 Å². The first-order valence-electron chi connectivity index (χ1n) is 26.4. The molecule has 440 valence electrons. The number of carboxylic acids is 4. The zero-order valence-corrected chi connectivity index (χ0v) is 63.2. The second-order valence-electron chi connectivity index (χ2n) is 28.4. The Morgan fingerprint density at radius 2 is 0.407 bits per heavy atom. The number of amidine groups is 4. The Hall–Kier alpha value is -4.74. The number of nitrogens with two attached hydrogens (primary N) is 4. The molecule has 12 N–H and O–H groups in total. The number of carbonyl (C=O) groups excluding carboxylic acids is 4. The van der Waals surface area contributed by atoms with E-state index in [1.165, 1.54) is 0 Å². The SMILES string of the molecule is C[Si](C)(C)c1ccc(C(=N)N)c(C(=O)[O-])c1[Si](C)(C)C.C[Si](C)(C)c1ccc(C(=N)N)c(C(=O)[O-])c1[Si](C)(C)C.C[Si](C)(C)c1ccc(C(=N)N)c(C(=O)[O-])c1[Si](C)(C)C.C[Si](C)(C)c1ccc(C(=N)N)c(C(=O)[O-])c1[Si](C)(C)C.[Zr+4]. The van der Waals surface area contributed by atoms with Crippen LogP contribution in [0.2, 0.25) is 157 Å². The predicted molar refractivity (Wildman–Crippen MR) is 351 cm³/mol. The van der Waals surface area contributed by atoms with Crippen LogP contribution < -0.4 is 84.9 Å². The van der Waals surface area contributed by atoms with Crippen LogP contribution in [0.4, 0.5) is 0 Å². The number of rotatable bonds is 16. The van der Waals surface area contributed by atoms with Crippen LogP contribution in [-0.4, -0.2) is 112 Å². The summed E-state index contributed by atoms with van der Waals surface area (Å²) < 4.78 is 0. The molecule has 4 aromatic rings. The summed E-state index contributed by atoms with van der Waals surface area (Å²) in [6, 6.07) is 14.5. The van der Waals surface area contributed by atoms with Crippen molar-refractivity contribution in [3.05, 3.63) is 93.0 Å². The first kappa shape index (κ1) is 76.3. The molecule has 4 aromatic carbocycles. The second-order valence-corrected chi connectivity index (χ2v) is 68.6. The minimum Gasteiger partial charge on any atom is -0.545 e. The Bertz CT molecular complexity index is 2700. The van der Waals surface area contributed by atoms with E-state index in [1.54, 1.807) is 24.3 Å². The van der Waals surface area contributed by atoms with Crippen molar-refractivity contribution in [1.29, 1.82) is 21.6 Å². The molecule has 0 atom stereocenters. The smallest absolute Gasteiger partial charge is 0.545 e. The third-order valence-electron chi connectivity index (χ3n) is 13.0. The molecule has 16 nitrogen and oxygen atoms in total. The quantitative estimate of drug-likeness (QED) is 0.0452. The summed E-state index contributed by atoms with van der Waals surface area (Å²) in [6.45, 7) is 51.7. The van der Waals surface area contributed by atoms with E-state index in [2.05, 4.69) is 157 Å². The van der Waals surface area contributed by atoms with E-state index in [-0.39, 0.29) is 94.1 Å². The van der Waals surface area contributed by atoms with Gasteiger partial charge in [-0.05, 0) is 0 Å². The monoisotopic (exact) mass is 1320 g/mol. The summed E-state index contributed by atoms with van der Waals surface area (Å²) in [5, 5.41) is 85.2. The van der Waals surface area contributed by atoms with E-state index in [4.69, 9.17) is 44.6 Å². The van der Waals surface area contributed by atoms with Gasteiger partial charge in [0.2, 0.25) is 0 Å². The van der Waals surface area contributed by atoms with E-state index in [0.717, 1.165) is 41.5 Å². The first-order valence-corrected chi connectivity index (χ1v) is 54.4. The summed E-state index contributed by atoms with van der Waals surface area (Å²) in [5.41, 5.74) is 23.8. The van der Waals surface area contributed by atoms with Gasteiger partial charge in [0.25, 0.3) is 0 Å². The van der Waals surface area contributed by atoms with Crippen molar-refractivity contribution in [3.8, 4) is 0 Å². The van der Waals surface area contributed by atoms with Crippen LogP contribution in [0.3, 0.4) is 0 Å². The Labute approximate surface area is 510 Å². The Balaban J connectivity index is 0.00000105. The molecule has 0 heterocycles. The zero-order valence-electron chi connectivity index (χ0n) is 52.7. The summed E-state index contributed by atoms with van der Waals surface area (Å²) >= 11 is 0. The molecule has 0 aliphatic heterocycles. The van der Waals surface area contributed by atoms with Gasteiger partial charge < -0.3 is 62.5 Å². The molecule has 4 rings (SSSR count). The van der Waals surface area contributed by atoms with Crippen LogP contribution in [-0.2, 0) is 26.2 Å². The van der Waals surface area contributed by atoms with Crippen LogP contribution in [0.1, 0.15) is 63.7 Å². The molecule has 0 fully saturated rings. The first-order chi connectivity index (χ1) is 35.5. The molecule has 0 aromatic heterocycles. The van der Waals surface area contributed by atoms with Gasteiger partial charge in [0, 0.05) is 44.5 Å². The number of nitrogen functional groups attached to an aromatic ring is 4. The molecule has 0 unspecified atom stereocenters. The van der Waals surface area contributed by atoms with Crippen molar-refractivity contribution in [2.24, 2.45) is 22.9 Å². The number of benzene rings is 4. The van der Waals surface area contributed by atoms with E-state index in [1.807, 2.05) is 24.3 Å². The fourth-order valence-electron chi connectivity index (χ4n) is 9.77. The van der Waals surface area contributed by atoms with Crippen molar-refractivity contribution in [1.82, 2.24) is 0 Å². The van der Waals surface area contributed by atoms with Crippen molar-refractivity contribution in [2.45, 2.75) is 157 Å². The molecule has 0 radical (unpaired) electrons. The van der Waals surface area contributed by atoms with Crippen molar-refractivity contribution >= 4 is 153 Å². The summed E-state index contributed by atoms with van der Waals surface area (Å²) in [6.07, 6.45) is 0. The average molecular weight is 1320 g/mol. The van der Waals surface area contributed by atoms with Gasteiger partial charge in [-0.25, -0.2) is 0 Å². The molecule has 0 aliphatic rings. The van der Waals surface area contributed by atoms with E-state index >= 15 is 0 Å². The number of nitrogens with one attached hydrogen (secondary N) is 4. The molecular formula is C56H92N8O8Si8Zr. The standard InChI is InChI=1S/4C14H24N2O2Si2.Zr/c4*1-19(2,3)10-8-7-9(13(15)16)11(14(17)18)12(10)20(4,5)6;/h4*7-8H,1-6H3,(H3,15,16)(H,17,18);/q;;;;+4/p-4. The summed E-state index contributed by atoms with van der Waals surface area (Å²) in [4.78, 5) is 46.6. The van der Waals surface area contributed by atoms with Crippen LogP contribution in [0.25, 0.3) is 0 Å². The predicted octanol–water partition coefficient (Wildman–Crippen LogP) is 1.70. The topological polar surface area (TPSA) is 360 Å². The maximum absolute atomic E-state index is 11.6. The van der Waals surface area contributed by atoms with Crippen LogP contribution in [0.5, 0.6) is 0 Å². The number of aromatic carboxylic acids is 4. The molecular weight excluding hydrogens is 1230 g/mol. The molecule has 0 amide bonds. The Kier molecular flexibility index (Phi) is 25.7. The van der Waals surface area contributed by atoms with E-state index < -0.39 is 88.5 Å². The maximum atomic E-state index is 11.6. The van der Waals surface area contributed by atoms with Crippen molar-refractivity contribution in [3.63, 3.8) is 0 Å². The van der Waals surface area contributed by atoms with Crippen LogP contribution in [0.15, 0.2) is 48.5 Å². The molecule has 0 spiro atoms. The zero-order chi connectivity index (χ0) is 63.5. The second kappa shape index (κ2) is 27.3. The summed E-state index contributed by atoms with van der Waals surface area (Å²) in [5.74, 6) is -5.78. The van der Waals surface area contributed by atoms with Gasteiger partial charge >= 0.3 is 26.2 Å². The molecule has 0 bridgehead atoms. The average Bonchev–Trinajstić information content (AvgIpc) is 3.24. The molecule has 0 saturated heterocycles. The minimum absolute atomic E-state index is 0. The van der Waals surface area contributed by atoms with Crippen molar-refractivity contribution < 1.29 is 65.8 Å². The largest absolute Gasteiger partial charge is 4.00 e. The minimum atomic E-state index is -1.91. The number of hydrogen-bond donors (Lipinski definition) is 8. The van der Waals surface area contributed by atoms with Gasteiger partial charge in [0.05, 0.1) is 88.5 Å². The third-order valence-corrected chi connectivity index (χ3v) is 30.2. The Morgan fingerprint density at radius 3 is 0.481 bits per heavy atom. The number of carboxylic acid groups (broad SMARTS) is 4. The van der Waals surface area contributed by atoms with Gasteiger partial charge in [-0.2, -0.15) is 0 Å². The van der Waals surface area contributed by atoms with Gasteiger partial charge in [-0.1, -0.05) is 247 Å². The van der Waals surface area contributed by atoms with Gasteiger partial charge in [-0.15, -0.1) is 0 Å². The van der Waals surface area contributed by atoms with Gasteiger partial charge in [-0.3, -0.25) is 21.6 Å². The van der Waals surface area contributed by atoms with Gasteiger partial charge in [0.15, 0.2) is 0 Å². The normalized spacial score (nSPS) is 12.1. The van der Waals surface area contributed by atoms with Crippen LogP contribution >= 0.6 is 0 Å².